The van der Waals surface area contributed by atoms with Crippen molar-refractivity contribution in [2.75, 3.05) is 0 Å². The number of amides is 2. The first-order valence-corrected chi connectivity index (χ1v) is 10.0. The maximum atomic E-state index is 13.1. The SMILES string of the molecule is CC1([C@@H](NC(=O)C2CC(=O)NC(c3ncccn3)N2)c2ccc(OC(F)F)cc2)CC1. The van der Waals surface area contributed by atoms with Gasteiger partial charge in [-0.25, -0.2) is 9.97 Å². The van der Waals surface area contributed by atoms with Gasteiger partial charge in [0.05, 0.1) is 18.5 Å². The van der Waals surface area contributed by atoms with Gasteiger partial charge in [-0.1, -0.05) is 19.1 Å². The van der Waals surface area contributed by atoms with Crippen molar-refractivity contribution in [3.8, 4) is 5.75 Å². The summed E-state index contributed by atoms with van der Waals surface area (Å²) in [5.41, 5.74) is 0.651. The topological polar surface area (TPSA) is 105 Å². The molecule has 164 valence electrons. The molecule has 1 aromatic heterocycles. The lowest BCUT2D eigenvalue weighted by atomic mass is 9.91. The molecule has 8 nitrogen and oxygen atoms in total. The number of ether oxygens (including phenoxy) is 1. The van der Waals surface area contributed by atoms with Gasteiger partial charge in [0.2, 0.25) is 11.8 Å². The number of aromatic nitrogens is 2. The van der Waals surface area contributed by atoms with Crippen molar-refractivity contribution in [1.82, 2.24) is 25.9 Å². The van der Waals surface area contributed by atoms with Gasteiger partial charge < -0.3 is 15.4 Å². The van der Waals surface area contributed by atoms with E-state index >= 15 is 0 Å². The van der Waals surface area contributed by atoms with Gasteiger partial charge in [-0.15, -0.1) is 0 Å². The molecule has 0 bridgehead atoms. The molecular weight excluding hydrogens is 408 g/mol. The second-order valence-corrected chi connectivity index (χ2v) is 8.07. The quantitative estimate of drug-likeness (QED) is 0.621. The maximum Gasteiger partial charge on any atom is 0.387 e. The van der Waals surface area contributed by atoms with E-state index in [9.17, 15) is 18.4 Å². The Labute approximate surface area is 177 Å². The molecule has 1 aliphatic carbocycles. The molecular formula is C21H23F2N5O3. The standard InChI is InChI=1S/C21H23F2N5O3/c1-21(7-8-21)16(12-3-5-13(6-4-12)31-20(22)23)28-19(30)14-11-15(29)27-18(26-14)17-24-9-2-10-25-17/h2-6,9-10,14,16,18,20,26H,7-8,11H2,1H3,(H,27,29)(H,28,30)/t14?,16-,18?/m0/s1. The van der Waals surface area contributed by atoms with Crippen molar-refractivity contribution in [2.45, 2.75) is 51.0 Å². The average molecular weight is 431 g/mol. The fourth-order valence-corrected chi connectivity index (χ4v) is 3.70. The second-order valence-electron chi connectivity index (χ2n) is 8.07. The minimum Gasteiger partial charge on any atom is -0.435 e. The summed E-state index contributed by atoms with van der Waals surface area (Å²) in [6.07, 6.45) is 4.29. The van der Waals surface area contributed by atoms with Crippen LogP contribution in [-0.4, -0.2) is 34.4 Å². The fourth-order valence-electron chi connectivity index (χ4n) is 3.70. The summed E-state index contributed by atoms with van der Waals surface area (Å²) in [4.78, 5) is 33.5. The number of carbonyl (C=O) groups is 2. The van der Waals surface area contributed by atoms with Crippen molar-refractivity contribution < 1.29 is 23.1 Å². The van der Waals surface area contributed by atoms with Gasteiger partial charge >= 0.3 is 6.61 Å². The highest BCUT2D eigenvalue weighted by Gasteiger charge is 2.47. The van der Waals surface area contributed by atoms with Crippen LogP contribution in [0.15, 0.2) is 42.7 Å². The van der Waals surface area contributed by atoms with E-state index in [0.717, 1.165) is 18.4 Å². The minimum atomic E-state index is -2.90. The molecule has 0 radical (unpaired) electrons. The highest BCUT2D eigenvalue weighted by Crippen LogP contribution is 2.54. The van der Waals surface area contributed by atoms with E-state index in [0.29, 0.717) is 5.82 Å². The van der Waals surface area contributed by atoms with E-state index in [1.54, 1.807) is 30.6 Å². The molecule has 2 aromatic rings. The molecule has 1 saturated carbocycles. The van der Waals surface area contributed by atoms with Crippen molar-refractivity contribution in [2.24, 2.45) is 5.41 Å². The van der Waals surface area contributed by atoms with E-state index in [1.807, 2.05) is 0 Å². The lowest BCUT2D eigenvalue weighted by molar-refractivity contribution is -0.132. The lowest BCUT2D eigenvalue weighted by Crippen LogP contribution is -2.57. The van der Waals surface area contributed by atoms with Crippen molar-refractivity contribution in [1.29, 1.82) is 0 Å². The third kappa shape index (κ3) is 4.96. The Morgan fingerprint density at radius 1 is 1.23 bits per heavy atom. The summed E-state index contributed by atoms with van der Waals surface area (Å²) in [5, 5.41) is 8.87. The van der Waals surface area contributed by atoms with Gasteiger partial charge in [0.25, 0.3) is 0 Å². The first kappa shape index (κ1) is 21.1. The lowest BCUT2D eigenvalue weighted by Gasteiger charge is -2.32. The highest BCUT2D eigenvalue weighted by atomic mass is 19.3. The van der Waals surface area contributed by atoms with Gasteiger partial charge in [-0.05, 0) is 42.0 Å². The molecule has 3 atom stereocenters. The van der Waals surface area contributed by atoms with Crippen LogP contribution in [0.25, 0.3) is 0 Å². The molecule has 0 spiro atoms. The Bertz CT molecular complexity index is 938. The molecule has 2 aliphatic rings. The molecule has 2 unspecified atom stereocenters. The first-order valence-electron chi connectivity index (χ1n) is 10.0. The van der Waals surface area contributed by atoms with Crippen LogP contribution in [0.3, 0.4) is 0 Å². The zero-order valence-corrected chi connectivity index (χ0v) is 16.8. The summed E-state index contributed by atoms with van der Waals surface area (Å²) < 4.78 is 29.2. The number of hydrogen-bond donors (Lipinski definition) is 3. The van der Waals surface area contributed by atoms with Crippen molar-refractivity contribution in [3.05, 3.63) is 54.1 Å². The summed E-state index contributed by atoms with van der Waals surface area (Å²) in [6, 6.07) is 6.86. The Morgan fingerprint density at radius 2 is 1.90 bits per heavy atom. The predicted molar refractivity (Wildman–Crippen MR) is 106 cm³/mol. The maximum absolute atomic E-state index is 13.1. The van der Waals surface area contributed by atoms with Crippen molar-refractivity contribution in [3.63, 3.8) is 0 Å². The molecule has 3 N–H and O–H groups in total. The van der Waals surface area contributed by atoms with Crippen LogP contribution in [0, 0.1) is 5.41 Å². The van der Waals surface area contributed by atoms with E-state index in [4.69, 9.17) is 0 Å². The van der Waals surface area contributed by atoms with Crippen LogP contribution >= 0.6 is 0 Å². The summed E-state index contributed by atoms with van der Waals surface area (Å²) in [5.74, 6) is -0.171. The Balaban J connectivity index is 1.48. The van der Waals surface area contributed by atoms with Gasteiger partial charge in [0.15, 0.2) is 5.82 Å². The summed E-state index contributed by atoms with van der Waals surface area (Å²) >= 11 is 0. The number of benzene rings is 1. The number of nitrogens with one attached hydrogen (secondary N) is 3. The number of nitrogens with zero attached hydrogens (tertiary/aromatic N) is 2. The van der Waals surface area contributed by atoms with E-state index in [2.05, 4.69) is 37.6 Å². The Hall–Kier alpha value is -3.14. The first-order chi connectivity index (χ1) is 14.8. The molecule has 2 fully saturated rings. The normalized spacial score (nSPS) is 23.0. The van der Waals surface area contributed by atoms with Crippen LogP contribution in [0.1, 0.15) is 49.8 Å². The van der Waals surface area contributed by atoms with Gasteiger partial charge in [0, 0.05) is 12.4 Å². The monoisotopic (exact) mass is 431 g/mol. The molecule has 2 heterocycles. The number of rotatable bonds is 7. The third-order valence-corrected chi connectivity index (χ3v) is 5.68. The predicted octanol–water partition coefficient (Wildman–Crippen LogP) is 2.21. The van der Waals surface area contributed by atoms with Gasteiger partial charge in [-0.3, -0.25) is 14.9 Å². The molecule has 2 amide bonds. The summed E-state index contributed by atoms with van der Waals surface area (Å²) in [6.45, 7) is -0.837. The third-order valence-electron chi connectivity index (χ3n) is 5.68. The number of carbonyl (C=O) groups excluding carboxylic acids is 2. The van der Waals surface area contributed by atoms with E-state index in [-0.39, 0.29) is 35.4 Å². The fraction of sp³-hybridized carbons (Fsp3) is 0.429. The van der Waals surface area contributed by atoms with Crippen LogP contribution in [-0.2, 0) is 9.59 Å². The van der Waals surface area contributed by atoms with Crippen LogP contribution in [0.2, 0.25) is 0 Å². The van der Waals surface area contributed by atoms with Crippen LogP contribution in [0.5, 0.6) is 5.75 Å². The van der Waals surface area contributed by atoms with Crippen molar-refractivity contribution >= 4 is 11.8 Å². The molecule has 1 aromatic carbocycles. The smallest absolute Gasteiger partial charge is 0.387 e. The molecule has 1 saturated heterocycles. The number of alkyl halides is 2. The summed E-state index contributed by atoms with van der Waals surface area (Å²) in [7, 11) is 0. The highest BCUT2D eigenvalue weighted by molar-refractivity contribution is 5.89. The Kier molecular flexibility index (Phi) is 5.81. The van der Waals surface area contributed by atoms with E-state index in [1.165, 1.54) is 12.1 Å². The largest absolute Gasteiger partial charge is 0.435 e. The average Bonchev–Trinajstić information content (AvgIpc) is 3.50. The van der Waals surface area contributed by atoms with Crippen LogP contribution < -0.4 is 20.7 Å². The van der Waals surface area contributed by atoms with Crippen LogP contribution in [0.4, 0.5) is 8.78 Å². The number of hydrogen-bond acceptors (Lipinski definition) is 6. The number of halogens is 2. The zero-order chi connectivity index (χ0) is 22.0. The Morgan fingerprint density at radius 3 is 2.52 bits per heavy atom. The molecule has 4 rings (SSSR count). The minimum absolute atomic E-state index is 0.0141. The molecule has 31 heavy (non-hydrogen) atoms. The van der Waals surface area contributed by atoms with Gasteiger partial charge in [0.1, 0.15) is 11.9 Å². The molecule has 10 heteroatoms. The van der Waals surface area contributed by atoms with Gasteiger partial charge in [-0.2, -0.15) is 8.78 Å². The molecule has 1 aliphatic heterocycles. The second kappa shape index (κ2) is 8.54. The van der Waals surface area contributed by atoms with E-state index < -0.39 is 18.8 Å². The zero-order valence-electron chi connectivity index (χ0n) is 16.8.